The molecule has 1 aromatic rings. The Kier molecular flexibility index (Phi) is 3.83. The van der Waals surface area contributed by atoms with E-state index >= 15 is 0 Å². The molecule has 5 heteroatoms. The zero-order valence-electron chi connectivity index (χ0n) is 10.5. The molecule has 1 heterocycles. The number of hydrogen-bond acceptors (Lipinski definition) is 4. The van der Waals surface area contributed by atoms with Gasteiger partial charge in [-0.05, 0) is 17.7 Å². The van der Waals surface area contributed by atoms with Gasteiger partial charge in [0.05, 0.1) is 17.2 Å². The molecular weight excluding hydrogens is 242 g/mol. The zero-order valence-corrected chi connectivity index (χ0v) is 10.5. The number of hydrogen-bond donors (Lipinski definition) is 2. The topological polar surface area (TPSA) is 90.4 Å². The van der Waals surface area contributed by atoms with Crippen LogP contribution in [0.4, 0.5) is 0 Å². The van der Waals surface area contributed by atoms with Crippen LogP contribution in [0.25, 0.3) is 0 Å². The van der Waals surface area contributed by atoms with Crippen molar-refractivity contribution in [3.63, 3.8) is 0 Å². The average molecular weight is 257 g/mol. The number of aliphatic carboxylic acids is 1. The average Bonchev–Trinajstić information content (AvgIpc) is 2.41. The van der Waals surface area contributed by atoms with Crippen LogP contribution in [0.2, 0.25) is 0 Å². The second-order valence-electron chi connectivity index (χ2n) is 4.58. The number of nitrogens with zero attached hydrogens (tertiary/aromatic N) is 2. The Morgan fingerprint density at radius 1 is 1.53 bits per heavy atom. The predicted octanol–water partition coefficient (Wildman–Crippen LogP) is 1.06. The number of carbonyl (C=O) groups is 1. The van der Waals surface area contributed by atoms with Gasteiger partial charge < -0.3 is 10.8 Å². The summed E-state index contributed by atoms with van der Waals surface area (Å²) in [6.07, 6.45) is 0.569. The van der Waals surface area contributed by atoms with Gasteiger partial charge in [0.1, 0.15) is 0 Å². The van der Waals surface area contributed by atoms with Gasteiger partial charge in [0.15, 0.2) is 0 Å². The maximum atomic E-state index is 11.1. The Hall–Kier alpha value is -2.32. The summed E-state index contributed by atoms with van der Waals surface area (Å²) >= 11 is 0. The summed E-state index contributed by atoms with van der Waals surface area (Å²) < 4.78 is 0. The monoisotopic (exact) mass is 257 g/mol. The van der Waals surface area contributed by atoms with Gasteiger partial charge in [0, 0.05) is 31.8 Å². The first kappa shape index (κ1) is 13.1. The van der Waals surface area contributed by atoms with Gasteiger partial charge in [0.2, 0.25) is 0 Å². The van der Waals surface area contributed by atoms with Crippen molar-refractivity contribution in [1.29, 1.82) is 5.26 Å². The minimum absolute atomic E-state index is 0.280. The molecule has 3 N–H and O–H groups in total. The Labute approximate surface area is 111 Å². The normalized spacial score (nSPS) is 16.2. The van der Waals surface area contributed by atoms with E-state index < -0.39 is 5.97 Å². The van der Waals surface area contributed by atoms with Crippen molar-refractivity contribution in [2.24, 2.45) is 5.73 Å². The van der Waals surface area contributed by atoms with E-state index in [1.165, 1.54) is 0 Å². The number of carboxylic acid groups (broad SMARTS) is 1. The molecule has 98 valence electrons. The van der Waals surface area contributed by atoms with E-state index in [1.54, 1.807) is 6.07 Å². The van der Waals surface area contributed by atoms with Gasteiger partial charge in [-0.2, -0.15) is 5.26 Å². The summed E-state index contributed by atoms with van der Waals surface area (Å²) in [6, 6.07) is 9.44. The summed E-state index contributed by atoms with van der Waals surface area (Å²) in [4.78, 5) is 13.1. The van der Waals surface area contributed by atoms with Crippen molar-refractivity contribution in [1.82, 2.24) is 4.90 Å². The number of nitrogens with two attached hydrogens (primary N) is 1. The van der Waals surface area contributed by atoms with Crippen LogP contribution in [0.5, 0.6) is 0 Å². The Morgan fingerprint density at radius 2 is 2.32 bits per heavy atom. The Morgan fingerprint density at radius 3 is 3.00 bits per heavy atom. The lowest BCUT2D eigenvalue weighted by atomic mass is 10.0. The zero-order chi connectivity index (χ0) is 13.8. The van der Waals surface area contributed by atoms with Crippen LogP contribution in [0.3, 0.4) is 0 Å². The molecule has 0 bridgehead atoms. The maximum Gasteiger partial charge on any atom is 0.334 e. The molecule has 0 aromatic heterocycles. The standard InChI is InChI=1S/C14H15N3O2/c15-7-10-2-1-3-11(6-10)8-17-5-4-13(16)12(9-17)14(18)19/h1-3,6H,4-5,8-9,16H2,(H,18,19). The second kappa shape index (κ2) is 5.55. The van der Waals surface area contributed by atoms with Gasteiger partial charge in [-0.25, -0.2) is 4.79 Å². The second-order valence-corrected chi connectivity index (χ2v) is 4.58. The minimum atomic E-state index is -0.951. The first-order valence-electron chi connectivity index (χ1n) is 6.02. The molecule has 2 rings (SSSR count). The molecule has 1 aliphatic rings. The van der Waals surface area contributed by atoms with Crippen molar-refractivity contribution < 1.29 is 9.90 Å². The third-order valence-corrected chi connectivity index (χ3v) is 3.19. The lowest BCUT2D eigenvalue weighted by Gasteiger charge is -2.27. The SMILES string of the molecule is N#Cc1cccc(CN2CCC(N)=C(C(=O)O)C2)c1. The molecule has 0 aliphatic carbocycles. The van der Waals surface area contributed by atoms with Crippen molar-refractivity contribution >= 4 is 5.97 Å². The predicted molar refractivity (Wildman–Crippen MR) is 69.9 cm³/mol. The molecule has 0 amide bonds. The molecular formula is C14H15N3O2. The molecule has 0 saturated heterocycles. The Balaban J connectivity index is 2.09. The summed E-state index contributed by atoms with van der Waals surface area (Å²) in [5.74, 6) is -0.951. The van der Waals surface area contributed by atoms with Crippen molar-refractivity contribution in [3.8, 4) is 6.07 Å². The lowest BCUT2D eigenvalue weighted by Crippen LogP contribution is -2.35. The smallest absolute Gasteiger partial charge is 0.334 e. The van der Waals surface area contributed by atoms with Gasteiger partial charge in [-0.15, -0.1) is 0 Å². The molecule has 0 radical (unpaired) electrons. The molecule has 0 atom stereocenters. The molecule has 1 aromatic carbocycles. The highest BCUT2D eigenvalue weighted by molar-refractivity contribution is 5.88. The van der Waals surface area contributed by atoms with Gasteiger partial charge in [-0.1, -0.05) is 12.1 Å². The van der Waals surface area contributed by atoms with Crippen LogP contribution in [0, 0.1) is 11.3 Å². The quantitative estimate of drug-likeness (QED) is 0.845. The fraction of sp³-hybridized carbons (Fsp3) is 0.286. The first-order valence-corrected chi connectivity index (χ1v) is 6.02. The van der Waals surface area contributed by atoms with E-state index in [9.17, 15) is 4.79 Å². The highest BCUT2D eigenvalue weighted by Crippen LogP contribution is 2.17. The number of benzene rings is 1. The van der Waals surface area contributed by atoms with Crippen LogP contribution in [0.1, 0.15) is 17.5 Å². The summed E-state index contributed by atoms with van der Waals surface area (Å²) in [7, 11) is 0. The fourth-order valence-corrected chi connectivity index (χ4v) is 2.17. The molecule has 5 nitrogen and oxygen atoms in total. The lowest BCUT2D eigenvalue weighted by molar-refractivity contribution is -0.133. The third-order valence-electron chi connectivity index (χ3n) is 3.19. The molecule has 0 spiro atoms. The van der Waals surface area contributed by atoms with Crippen LogP contribution in [-0.4, -0.2) is 29.1 Å². The van der Waals surface area contributed by atoms with Gasteiger partial charge in [0.25, 0.3) is 0 Å². The maximum absolute atomic E-state index is 11.1. The van der Waals surface area contributed by atoms with E-state index in [2.05, 4.69) is 6.07 Å². The van der Waals surface area contributed by atoms with Gasteiger partial charge in [-0.3, -0.25) is 4.90 Å². The van der Waals surface area contributed by atoms with E-state index in [1.807, 2.05) is 23.1 Å². The Bertz CT molecular complexity index is 572. The van der Waals surface area contributed by atoms with Crippen LogP contribution in [-0.2, 0) is 11.3 Å². The fourth-order valence-electron chi connectivity index (χ4n) is 2.17. The summed E-state index contributed by atoms with van der Waals surface area (Å²) in [5.41, 5.74) is 8.08. The van der Waals surface area contributed by atoms with E-state index in [-0.39, 0.29) is 5.57 Å². The van der Waals surface area contributed by atoms with E-state index in [0.717, 1.165) is 12.1 Å². The largest absolute Gasteiger partial charge is 0.478 e. The molecule has 0 unspecified atom stereocenters. The van der Waals surface area contributed by atoms with Crippen LogP contribution in [0.15, 0.2) is 35.5 Å². The van der Waals surface area contributed by atoms with Crippen LogP contribution >= 0.6 is 0 Å². The third kappa shape index (κ3) is 3.12. The molecule has 0 saturated carbocycles. The number of nitriles is 1. The number of rotatable bonds is 3. The molecule has 0 fully saturated rings. The highest BCUT2D eigenvalue weighted by atomic mass is 16.4. The summed E-state index contributed by atoms with van der Waals surface area (Å²) in [6.45, 7) is 1.71. The number of carboxylic acids is 1. The van der Waals surface area contributed by atoms with Crippen molar-refractivity contribution in [2.45, 2.75) is 13.0 Å². The highest BCUT2D eigenvalue weighted by Gasteiger charge is 2.21. The van der Waals surface area contributed by atoms with E-state index in [4.69, 9.17) is 16.1 Å². The van der Waals surface area contributed by atoms with Crippen LogP contribution < -0.4 is 5.73 Å². The summed E-state index contributed by atoms with van der Waals surface area (Å²) in [5, 5.41) is 17.9. The van der Waals surface area contributed by atoms with E-state index in [0.29, 0.717) is 30.8 Å². The molecule has 19 heavy (non-hydrogen) atoms. The first-order chi connectivity index (χ1) is 9.10. The van der Waals surface area contributed by atoms with Crippen molar-refractivity contribution in [2.75, 3.05) is 13.1 Å². The van der Waals surface area contributed by atoms with Gasteiger partial charge >= 0.3 is 5.97 Å². The van der Waals surface area contributed by atoms with Crippen molar-refractivity contribution in [3.05, 3.63) is 46.7 Å². The molecule has 1 aliphatic heterocycles. The minimum Gasteiger partial charge on any atom is -0.478 e.